The van der Waals surface area contributed by atoms with Gasteiger partial charge in [0.15, 0.2) is 0 Å². The van der Waals surface area contributed by atoms with Crippen LogP contribution in [0, 0.1) is 0 Å². The Bertz CT molecular complexity index is 793. The van der Waals surface area contributed by atoms with E-state index in [9.17, 15) is 8.42 Å². The Morgan fingerprint density at radius 3 is 2.54 bits per heavy atom. The smallest absolute Gasteiger partial charge is 0.212 e. The zero-order valence-corrected chi connectivity index (χ0v) is 16.0. The quantitative estimate of drug-likeness (QED) is 0.721. The van der Waals surface area contributed by atoms with Crippen LogP contribution in [0.1, 0.15) is 11.1 Å². The van der Waals surface area contributed by atoms with Crippen molar-refractivity contribution in [2.75, 3.05) is 20.0 Å². The minimum Gasteiger partial charge on any atom is -0.497 e. The van der Waals surface area contributed by atoms with Crippen LogP contribution >= 0.6 is 15.9 Å². The minimum absolute atomic E-state index is 0.0297. The Balaban J connectivity index is 1.97. The van der Waals surface area contributed by atoms with Crippen molar-refractivity contribution in [3.8, 4) is 11.5 Å². The van der Waals surface area contributed by atoms with E-state index in [1.54, 1.807) is 32.4 Å². The zero-order valence-electron chi connectivity index (χ0n) is 13.6. The molecule has 0 bridgehead atoms. The van der Waals surface area contributed by atoms with Crippen molar-refractivity contribution in [1.29, 1.82) is 0 Å². The molecule has 1 N–H and O–H groups in total. The van der Waals surface area contributed by atoms with Gasteiger partial charge in [-0.25, -0.2) is 13.1 Å². The highest BCUT2D eigenvalue weighted by Gasteiger charge is 2.13. The van der Waals surface area contributed by atoms with Gasteiger partial charge in [-0.15, -0.1) is 0 Å². The van der Waals surface area contributed by atoms with E-state index >= 15 is 0 Å². The van der Waals surface area contributed by atoms with Crippen LogP contribution in [-0.4, -0.2) is 28.4 Å². The van der Waals surface area contributed by atoms with Gasteiger partial charge in [-0.05, 0) is 30.2 Å². The van der Waals surface area contributed by atoms with Crippen LogP contribution in [0.5, 0.6) is 11.5 Å². The van der Waals surface area contributed by atoms with Gasteiger partial charge in [-0.1, -0.05) is 34.1 Å². The summed E-state index contributed by atoms with van der Waals surface area (Å²) in [4.78, 5) is 0. The molecule has 0 saturated carbocycles. The van der Waals surface area contributed by atoms with Gasteiger partial charge >= 0.3 is 0 Å². The molecular weight excluding hydrogens is 394 g/mol. The SMILES string of the molecule is COc1ccc(CNS(=O)(=O)CCc2cccc(Br)c2)c(OC)c1. The zero-order chi connectivity index (χ0) is 17.6. The van der Waals surface area contributed by atoms with Crippen molar-refractivity contribution in [2.24, 2.45) is 0 Å². The summed E-state index contributed by atoms with van der Waals surface area (Å²) in [5.74, 6) is 1.28. The fourth-order valence-electron chi connectivity index (χ4n) is 2.20. The molecule has 0 radical (unpaired) electrons. The first kappa shape index (κ1) is 18.8. The normalized spacial score (nSPS) is 11.3. The summed E-state index contributed by atoms with van der Waals surface area (Å²) in [6.07, 6.45) is 0.453. The van der Waals surface area contributed by atoms with E-state index in [-0.39, 0.29) is 12.3 Å². The highest BCUT2D eigenvalue weighted by molar-refractivity contribution is 9.10. The van der Waals surface area contributed by atoms with Gasteiger partial charge in [0.1, 0.15) is 11.5 Å². The molecule has 0 aliphatic heterocycles. The predicted molar refractivity (Wildman–Crippen MR) is 98.0 cm³/mol. The van der Waals surface area contributed by atoms with Crippen LogP contribution in [0.3, 0.4) is 0 Å². The number of ether oxygens (including phenoxy) is 2. The van der Waals surface area contributed by atoms with Gasteiger partial charge in [0.25, 0.3) is 0 Å². The van der Waals surface area contributed by atoms with E-state index in [0.717, 1.165) is 15.6 Å². The molecule has 24 heavy (non-hydrogen) atoms. The van der Waals surface area contributed by atoms with Crippen LogP contribution in [-0.2, 0) is 23.0 Å². The molecule has 0 spiro atoms. The molecule has 0 fully saturated rings. The summed E-state index contributed by atoms with van der Waals surface area (Å²) in [5, 5.41) is 0. The third-order valence-electron chi connectivity index (χ3n) is 3.53. The number of benzene rings is 2. The van der Waals surface area contributed by atoms with Gasteiger partial charge in [-0.3, -0.25) is 0 Å². The topological polar surface area (TPSA) is 64.6 Å². The molecule has 0 unspecified atom stereocenters. The van der Waals surface area contributed by atoms with Gasteiger partial charge < -0.3 is 9.47 Å². The van der Waals surface area contributed by atoms with Crippen LogP contribution in [0.15, 0.2) is 46.9 Å². The molecule has 5 nitrogen and oxygen atoms in total. The summed E-state index contributed by atoms with van der Waals surface area (Å²) in [5.41, 5.74) is 1.72. The fraction of sp³-hybridized carbons (Fsp3) is 0.294. The summed E-state index contributed by atoms with van der Waals surface area (Å²) in [6, 6.07) is 12.9. The number of hydrogen-bond donors (Lipinski definition) is 1. The summed E-state index contributed by atoms with van der Waals surface area (Å²) < 4.78 is 38.4. The predicted octanol–water partition coefficient (Wildman–Crippen LogP) is 3.13. The van der Waals surface area contributed by atoms with E-state index in [0.29, 0.717) is 17.9 Å². The molecule has 0 aliphatic carbocycles. The summed E-state index contributed by atoms with van der Waals surface area (Å²) >= 11 is 3.38. The van der Waals surface area contributed by atoms with Gasteiger partial charge in [0.2, 0.25) is 10.0 Å². The van der Waals surface area contributed by atoms with Crippen molar-refractivity contribution in [3.63, 3.8) is 0 Å². The van der Waals surface area contributed by atoms with Gasteiger partial charge in [0.05, 0.1) is 20.0 Å². The van der Waals surface area contributed by atoms with Crippen molar-refractivity contribution >= 4 is 26.0 Å². The van der Waals surface area contributed by atoms with E-state index in [4.69, 9.17) is 9.47 Å². The molecule has 0 atom stereocenters. The van der Waals surface area contributed by atoms with Crippen LogP contribution in [0.4, 0.5) is 0 Å². The maximum Gasteiger partial charge on any atom is 0.212 e. The first-order chi connectivity index (χ1) is 11.4. The first-order valence-corrected chi connectivity index (χ1v) is 9.81. The Labute approximate surface area is 151 Å². The molecule has 7 heteroatoms. The standard InChI is InChI=1S/C17H20BrNO4S/c1-22-16-7-6-14(17(11-16)23-2)12-19-24(20,21)9-8-13-4-3-5-15(18)10-13/h3-7,10-11,19H,8-9,12H2,1-2H3. The van der Waals surface area contributed by atoms with Crippen molar-refractivity contribution < 1.29 is 17.9 Å². The number of sulfonamides is 1. The molecule has 2 aromatic rings. The molecule has 2 rings (SSSR count). The molecule has 0 amide bonds. The van der Waals surface area contributed by atoms with E-state index < -0.39 is 10.0 Å². The second-order valence-corrected chi connectivity index (χ2v) is 8.04. The van der Waals surface area contributed by atoms with E-state index in [2.05, 4.69) is 20.7 Å². The number of halogens is 1. The molecule has 2 aromatic carbocycles. The van der Waals surface area contributed by atoms with Crippen LogP contribution in [0.2, 0.25) is 0 Å². The fourth-order valence-corrected chi connectivity index (χ4v) is 3.67. The van der Waals surface area contributed by atoms with Gasteiger partial charge in [-0.2, -0.15) is 0 Å². The van der Waals surface area contributed by atoms with Crippen molar-refractivity contribution in [1.82, 2.24) is 4.72 Å². The summed E-state index contributed by atoms with van der Waals surface area (Å²) in [6.45, 7) is 0.175. The second kappa shape index (κ2) is 8.50. The molecule has 130 valence electrons. The lowest BCUT2D eigenvalue weighted by atomic mass is 10.2. The lowest BCUT2D eigenvalue weighted by Gasteiger charge is -2.12. The first-order valence-electron chi connectivity index (χ1n) is 7.36. The minimum atomic E-state index is -3.38. The Hall–Kier alpha value is -1.57. The monoisotopic (exact) mass is 413 g/mol. The molecular formula is C17H20BrNO4S. The van der Waals surface area contributed by atoms with Crippen LogP contribution in [0.25, 0.3) is 0 Å². The molecule has 0 saturated heterocycles. The lowest BCUT2D eigenvalue weighted by molar-refractivity contribution is 0.390. The maximum atomic E-state index is 12.2. The third-order valence-corrected chi connectivity index (χ3v) is 5.34. The highest BCUT2D eigenvalue weighted by atomic mass is 79.9. The maximum absolute atomic E-state index is 12.2. The number of nitrogens with one attached hydrogen (secondary N) is 1. The van der Waals surface area contributed by atoms with Crippen molar-refractivity contribution in [2.45, 2.75) is 13.0 Å². The number of methoxy groups -OCH3 is 2. The molecule has 0 heterocycles. The molecule has 0 aromatic heterocycles. The summed E-state index contributed by atoms with van der Waals surface area (Å²) in [7, 11) is -0.273. The van der Waals surface area contributed by atoms with E-state index in [1.165, 1.54) is 0 Å². The highest BCUT2D eigenvalue weighted by Crippen LogP contribution is 2.24. The Morgan fingerprint density at radius 1 is 1.08 bits per heavy atom. The number of aryl methyl sites for hydroxylation is 1. The number of rotatable bonds is 8. The molecule has 0 aliphatic rings. The van der Waals surface area contributed by atoms with E-state index in [1.807, 2.05) is 24.3 Å². The average molecular weight is 414 g/mol. The third kappa shape index (κ3) is 5.51. The Morgan fingerprint density at radius 2 is 1.88 bits per heavy atom. The Kier molecular flexibility index (Phi) is 6.65. The average Bonchev–Trinajstić information content (AvgIpc) is 2.58. The van der Waals surface area contributed by atoms with Crippen molar-refractivity contribution in [3.05, 3.63) is 58.1 Å². The largest absolute Gasteiger partial charge is 0.497 e. The van der Waals surface area contributed by atoms with Gasteiger partial charge in [0, 0.05) is 22.6 Å². The van der Waals surface area contributed by atoms with Crippen LogP contribution < -0.4 is 14.2 Å². The lowest BCUT2D eigenvalue weighted by Crippen LogP contribution is -2.27. The second-order valence-electron chi connectivity index (χ2n) is 5.20. The number of hydrogen-bond acceptors (Lipinski definition) is 4.